The maximum atomic E-state index is 11.8. The number of rotatable bonds is 7. The Hall–Kier alpha value is -2.34. The molecule has 0 aliphatic rings. The SMILES string of the molecule is COc1ccc(CCCC(=O)N/N=C\c2cc(Br)ccc2O)c(C)c1. The molecule has 6 heteroatoms. The lowest BCUT2D eigenvalue weighted by Crippen LogP contribution is -2.17. The molecule has 0 bridgehead atoms. The van der Waals surface area contributed by atoms with Gasteiger partial charge >= 0.3 is 0 Å². The second-order valence-corrected chi connectivity index (χ2v) is 6.56. The Balaban J connectivity index is 1.79. The molecule has 132 valence electrons. The first-order chi connectivity index (χ1) is 12.0. The fourth-order valence-corrected chi connectivity index (χ4v) is 2.75. The Morgan fingerprint density at radius 2 is 2.12 bits per heavy atom. The lowest BCUT2D eigenvalue weighted by Gasteiger charge is -2.07. The van der Waals surface area contributed by atoms with Crippen LogP contribution in [0.4, 0.5) is 0 Å². The molecule has 2 N–H and O–H groups in total. The van der Waals surface area contributed by atoms with Crippen molar-refractivity contribution in [2.24, 2.45) is 5.10 Å². The molecule has 0 aliphatic heterocycles. The van der Waals surface area contributed by atoms with Gasteiger partial charge in [0.25, 0.3) is 0 Å². The van der Waals surface area contributed by atoms with E-state index >= 15 is 0 Å². The number of hydrogen-bond donors (Lipinski definition) is 2. The van der Waals surface area contributed by atoms with Crippen LogP contribution < -0.4 is 10.2 Å². The van der Waals surface area contributed by atoms with E-state index in [4.69, 9.17) is 4.74 Å². The number of carbonyl (C=O) groups excluding carboxylic acids is 1. The Bertz CT molecular complexity index is 775. The van der Waals surface area contributed by atoms with Crippen molar-refractivity contribution in [3.63, 3.8) is 0 Å². The molecule has 0 radical (unpaired) electrons. The molecule has 25 heavy (non-hydrogen) atoms. The molecule has 2 aromatic carbocycles. The summed E-state index contributed by atoms with van der Waals surface area (Å²) < 4.78 is 6.02. The summed E-state index contributed by atoms with van der Waals surface area (Å²) >= 11 is 3.32. The molecule has 0 unspecified atom stereocenters. The second-order valence-electron chi connectivity index (χ2n) is 5.64. The van der Waals surface area contributed by atoms with E-state index in [1.54, 1.807) is 25.3 Å². The average molecular weight is 405 g/mol. The molecule has 2 aromatic rings. The zero-order valence-electron chi connectivity index (χ0n) is 14.3. The van der Waals surface area contributed by atoms with Crippen LogP contribution in [0.5, 0.6) is 11.5 Å². The number of methoxy groups -OCH3 is 1. The smallest absolute Gasteiger partial charge is 0.240 e. The van der Waals surface area contributed by atoms with Crippen molar-refractivity contribution >= 4 is 28.1 Å². The van der Waals surface area contributed by atoms with Crippen LogP contribution in [-0.2, 0) is 11.2 Å². The highest BCUT2D eigenvalue weighted by Gasteiger charge is 2.04. The van der Waals surface area contributed by atoms with Gasteiger partial charge in [0.15, 0.2) is 0 Å². The lowest BCUT2D eigenvalue weighted by atomic mass is 10.0. The van der Waals surface area contributed by atoms with Crippen LogP contribution in [0.25, 0.3) is 0 Å². The van der Waals surface area contributed by atoms with Crippen molar-refractivity contribution in [1.82, 2.24) is 5.43 Å². The predicted octanol–water partition coefficient (Wildman–Crippen LogP) is 3.94. The fraction of sp³-hybridized carbons (Fsp3) is 0.263. The van der Waals surface area contributed by atoms with Crippen molar-refractivity contribution in [3.8, 4) is 11.5 Å². The second kappa shape index (κ2) is 9.22. The standard InChI is InChI=1S/C19H21BrN2O3/c1-13-10-17(25-2)8-6-14(13)4-3-5-19(24)22-21-12-15-11-16(20)7-9-18(15)23/h6-12,23H,3-5H2,1-2H3,(H,22,24)/b21-12-. The quantitative estimate of drug-likeness (QED) is 0.542. The summed E-state index contributed by atoms with van der Waals surface area (Å²) in [6.45, 7) is 2.03. The molecule has 0 saturated heterocycles. The van der Waals surface area contributed by atoms with Gasteiger partial charge in [0, 0.05) is 16.5 Å². The number of hydrazone groups is 1. The summed E-state index contributed by atoms with van der Waals surface area (Å²) in [6.07, 6.45) is 3.36. The van der Waals surface area contributed by atoms with Crippen molar-refractivity contribution < 1.29 is 14.6 Å². The summed E-state index contributed by atoms with van der Waals surface area (Å²) in [5, 5.41) is 13.6. The number of carbonyl (C=O) groups is 1. The van der Waals surface area contributed by atoms with Crippen molar-refractivity contribution in [3.05, 3.63) is 57.6 Å². The molecular weight excluding hydrogens is 384 g/mol. The Morgan fingerprint density at radius 1 is 1.32 bits per heavy atom. The molecule has 0 atom stereocenters. The monoisotopic (exact) mass is 404 g/mol. The minimum atomic E-state index is -0.156. The number of nitrogens with zero attached hydrogens (tertiary/aromatic N) is 1. The van der Waals surface area contributed by atoms with Gasteiger partial charge in [-0.15, -0.1) is 0 Å². The van der Waals surface area contributed by atoms with Crippen LogP contribution in [0.2, 0.25) is 0 Å². The molecule has 0 heterocycles. The van der Waals surface area contributed by atoms with Crippen LogP contribution in [0.3, 0.4) is 0 Å². The molecule has 5 nitrogen and oxygen atoms in total. The van der Waals surface area contributed by atoms with Crippen molar-refractivity contribution in [2.75, 3.05) is 7.11 Å². The van der Waals surface area contributed by atoms with E-state index in [0.29, 0.717) is 12.0 Å². The normalized spacial score (nSPS) is 10.8. The third kappa shape index (κ3) is 5.90. The predicted molar refractivity (Wildman–Crippen MR) is 102 cm³/mol. The van der Waals surface area contributed by atoms with Gasteiger partial charge in [-0.2, -0.15) is 5.10 Å². The van der Waals surface area contributed by atoms with Crippen LogP contribution in [-0.4, -0.2) is 24.3 Å². The average Bonchev–Trinajstić information content (AvgIpc) is 2.59. The summed E-state index contributed by atoms with van der Waals surface area (Å²) in [5.41, 5.74) is 5.37. The van der Waals surface area contributed by atoms with E-state index in [-0.39, 0.29) is 11.7 Å². The number of phenolic OH excluding ortho intramolecular Hbond substituents is 1. The van der Waals surface area contributed by atoms with E-state index < -0.39 is 0 Å². The van der Waals surface area contributed by atoms with E-state index in [1.165, 1.54) is 11.8 Å². The van der Waals surface area contributed by atoms with Crippen LogP contribution >= 0.6 is 15.9 Å². The summed E-state index contributed by atoms with van der Waals surface area (Å²) in [7, 11) is 1.65. The number of halogens is 1. The number of aryl methyl sites for hydroxylation is 2. The fourth-order valence-electron chi connectivity index (χ4n) is 2.37. The highest BCUT2D eigenvalue weighted by atomic mass is 79.9. The summed E-state index contributed by atoms with van der Waals surface area (Å²) in [5.74, 6) is 0.789. The molecule has 0 aliphatic carbocycles. The largest absolute Gasteiger partial charge is 0.507 e. The zero-order valence-corrected chi connectivity index (χ0v) is 15.8. The molecule has 1 amide bonds. The molecule has 0 fully saturated rings. The van der Waals surface area contributed by atoms with Gasteiger partial charge in [0.05, 0.1) is 13.3 Å². The van der Waals surface area contributed by atoms with Gasteiger partial charge < -0.3 is 9.84 Å². The molecule has 0 saturated carbocycles. The van der Waals surface area contributed by atoms with Gasteiger partial charge in [-0.1, -0.05) is 22.0 Å². The van der Waals surface area contributed by atoms with E-state index in [1.807, 2.05) is 25.1 Å². The van der Waals surface area contributed by atoms with Crippen LogP contribution in [0.15, 0.2) is 46.0 Å². The number of phenols is 1. The maximum absolute atomic E-state index is 11.8. The summed E-state index contributed by atoms with van der Waals surface area (Å²) in [4.78, 5) is 11.8. The van der Waals surface area contributed by atoms with E-state index in [9.17, 15) is 9.90 Å². The van der Waals surface area contributed by atoms with Crippen LogP contribution in [0, 0.1) is 6.92 Å². The van der Waals surface area contributed by atoms with Gasteiger partial charge in [0.1, 0.15) is 11.5 Å². The topological polar surface area (TPSA) is 70.9 Å². The van der Waals surface area contributed by atoms with E-state index in [2.05, 4.69) is 26.5 Å². The molecule has 0 spiro atoms. The first-order valence-corrected chi connectivity index (χ1v) is 8.73. The third-order valence-corrected chi connectivity index (χ3v) is 4.28. The third-order valence-electron chi connectivity index (χ3n) is 3.78. The van der Waals surface area contributed by atoms with Crippen molar-refractivity contribution in [1.29, 1.82) is 0 Å². The van der Waals surface area contributed by atoms with Gasteiger partial charge in [0.2, 0.25) is 5.91 Å². The Kier molecular flexibility index (Phi) is 7.01. The zero-order chi connectivity index (χ0) is 18.2. The number of benzene rings is 2. The van der Waals surface area contributed by atoms with Crippen molar-refractivity contribution in [2.45, 2.75) is 26.2 Å². The highest BCUT2D eigenvalue weighted by molar-refractivity contribution is 9.10. The number of nitrogens with one attached hydrogen (secondary N) is 1. The molecule has 0 aromatic heterocycles. The Labute approximate surface area is 155 Å². The number of amides is 1. The highest BCUT2D eigenvalue weighted by Crippen LogP contribution is 2.20. The van der Waals surface area contributed by atoms with Crippen LogP contribution in [0.1, 0.15) is 29.5 Å². The minimum absolute atomic E-state index is 0.108. The molecule has 2 rings (SSSR count). The minimum Gasteiger partial charge on any atom is -0.507 e. The van der Waals surface area contributed by atoms with Gasteiger partial charge in [-0.05, 0) is 61.2 Å². The Morgan fingerprint density at radius 3 is 2.84 bits per heavy atom. The molecular formula is C19H21BrN2O3. The number of hydrogen-bond acceptors (Lipinski definition) is 4. The number of aromatic hydroxyl groups is 1. The first-order valence-electron chi connectivity index (χ1n) is 7.93. The maximum Gasteiger partial charge on any atom is 0.240 e. The van der Waals surface area contributed by atoms with Gasteiger partial charge in [-0.3, -0.25) is 4.79 Å². The van der Waals surface area contributed by atoms with E-state index in [0.717, 1.165) is 28.6 Å². The lowest BCUT2D eigenvalue weighted by molar-refractivity contribution is -0.121. The first kappa shape index (κ1) is 19.0. The van der Waals surface area contributed by atoms with Gasteiger partial charge in [-0.25, -0.2) is 5.43 Å². The summed E-state index contributed by atoms with van der Waals surface area (Å²) in [6, 6.07) is 11.0. The number of ether oxygens (including phenoxy) is 1.